The molecule has 0 saturated carbocycles. The van der Waals surface area contributed by atoms with E-state index in [0.717, 1.165) is 5.39 Å². The molecule has 112 valence electrons. The molecule has 0 unspecified atom stereocenters. The van der Waals surface area contributed by atoms with Gasteiger partial charge >= 0.3 is 5.63 Å². The maximum Gasteiger partial charge on any atom is 0.336 e. The van der Waals surface area contributed by atoms with Crippen LogP contribution in [-0.2, 0) is 4.74 Å². The molecular weight excluding hydrogens is 272 g/mol. The van der Waals surface area contributed by atoms with Crippen LogP contribution < -0.4 is 10.4 Å². The zero-order valence-electron chi connectivity index (χ0n) is 12.3. The van der Waals surface area contributed by atoms with Crippen LogP contribution in [-0.4, -0.2) is 23.4 Å². The van der Waals surface area contributed by atoms with E-state index < -0.39 is 23.4 Å². The van der Waals surface area contributed by atoms with Crippen molar-refractivity contribution in [2.45, 2.75) is 38.6 Å². The van der Waals surface area contributed by atoms with E-state index >= 15 is 0 Å². The molecule has 2 heterocycles. The van der Waals surface area contributed by atoms with E-state index in [-0.39, 0.29) is 0 Å². The molecule has 2 atom stereocenters. The van der Waals surface area contributed by atoms with Crippen LogP contribution in [0.1, 0.15) is 32.4 Å². The van der Waals surface area contributed by atoms with E-state index in [4.69, 9.17) is 13.9 Å². The highest BCUT2D eigenvalue weighted by Gasteiger charge is 2.44. The van der Waals surface area contributed by atoms with Gasteiger partial charge in [-0.15, -0.1) is 0 Å². The van der Waals surface area contributed by atoms with Crippen molar-refractivity contribution in [3.63, 3.8) is 0 Å². The number of aliphatic hydroxyl groups excluding tert-OH is 1. The summed E-state index contributed by atoms with van der Waals surface area (Å²) in [6.45, 7) is 5.90. The lowest BCUT2D eigenvalue weighted by Crippen LogP contribution is -2.49. The molecule has 1 aliphatic rings. The van der Waals surface area contributed by atoms with Crippen LogP contribution in [0.25, 0.3) is 11.0 Å². The highest BCUT2D eigenvalue weighted by molar-refractivity contribution is 5.83. The number of benzene rings is 1. The molecule has 0 saturated heterocycles. The predicted molar refractivity (Wildman–Crippen MR) is 77.6 cm³/mol. The van der Waals surface area contributed by atoms with Gasteiger partial charge in [0.1, 0.15) is 29.1 Å². The smallest absolute Gasteiger partial charge is 0.336 e. The number of fused-ring (bicyclic) bond motifs is 3. The van der Waals surface area contributed by atoms with Crippen molar-refractivity contribution in [2.75, 3.05) is 6.61 Å². The molecule has 1 aromatic heterocycles. The van der Waals surface area contributed by atoms with Crippen LogP contribution in [0.15, 0.2) is 33.5 Å². The van der Waals surface area contributed by atoms with E-state index in [0.29, 0.717) is 23.5 Å². The average molecular weight is 290 g/mol. The topological polar surface area (TPSA) is 68.9 Å². The first kappa shape index (κ1) is 14.1. The van der Waals surface area contributed by atoms with Gasteiger partial charge in [0.15, 0.2) is 0 Å². The summed E-state index contributed by atoms with van der Waals surface area (Å²) in [6, 6.07) is 6.70. The zero-order valence-corrected chi connectivity index (χ0v) is 12.3. The third kappa shape index (κ3) is 2.22. The molecule has 0 aliphatic carbocycles. The summed E-state index contributed by atoms with van der Waals surface area (Å²) in [7, 11) is 0. The maximum absolute atomic E-state index is 11.5. The van der Waals surface area contributed by atoms with Crippen LogP contribution in [0.2, 0.25) is 0 Å². The molecule has 0 fully saturated rings. The first-order valence-corrected chi connectivity index (χ1v) is 6.99. The van der Waals surface area contributed by atoms with Crippen molar-refractivity contribution in [1.29, 1.82) is 0 Å². The molecule has 0 amide bonds. The Labute approximate surface area is 122 Å². The zero-order chi connectivity index (χ0) is 15.2. The number of hydrogen-bond acceptors (Lipinski definition) is 5. The minimum Gasteiger partial charge on any atom is -0.485 e. The predicted octanol–water partition coefficient (Wildman–Crippen LogP) is 2.40. The third-order valence-electron chi connectivity index (χ3n) is 3.79. The highest BCUT2D eigenvalue weighted by Crippen LogP contribution is 2.44. The molecule has 0 spiro atoms. The molecular formula is C16H18O5. The largest absolute Gasteiger partial charge is 0.485 e. The van der Waals surface area contributed by atoms with Crippen LogP contribution in [0.4, 0.5) is 0 Å². The van der Waals surface area contributed by atoms with Crippen molar-refractivity contribution in [3.05, 3.63) is 40.2 Å². The molecule has 1 aliphatic heterocycles. The van der Waals surface area contributed by atoms with Gasteiger partial charge < -0.3 is 19.0 Å². The summed E-state index contributed by atoms with van der Waals surface area (Å²) in [5.74, 6) is 0.575. The Bertz CT molecular complexity index is 731. The quantitative estimate of drug-likeness (QED) is 0.860. The number of aliphatic hydroxyl groups is 1. The Balaban J connectivity index is 2.30. The Morgan fingerprint density at radius 1 is 1.29 bits per heavy atom. The first-order valence-electron chi connectivity index (χ1n) is 6.99. The summed E-state index contributed by atoms with van der Waals surface area (Å²) in [6.07, 6.45) is -1.45. The monoisotopic (exact) mass is 290 g/mol. The fraction of sp³-hybridized carbons (Fsp3) is 0.438. The van der Waals surface area contributed by atoms with Crippen LogP contribution in [0.5, 0.6) is 5.75 Å². The molecule has 5 heteroatoms. The molecule has 2 aromatic rings. The second-order valence-corrected chi connectivity index (χ2v) is 5.68. The van der Waals surface area contributed by atoms with Gasteiger partial charge in [-0.1, -0.05) is 0 Å². The van der Waals surface area contributed by atoms with Crippen molar-refractivity contribution in [2.24, 2.45) is 0 Å². The minimum absolute atomic E-state index is 0.410. The molecule has 0 bridgehead atoms. The van der Waals surface area contributed by atoms with E-state index in [2.05, 4.69) is 0 Å². The average Bonchev–Trinajstić information content (AvgIpc) is 2.43. The van der Waals surface area contributed by atoms with Crippen molar-refractivity contribution in [1.82, 2.24) is 0 Å². The van der Waals surface area contributed by atoms with Gasteiger partial charge in [-0.05, 0) is 39.0 Å². The Hall–Kier alpha value is -1.85. The lowest BCUT2D eigenvalue weighted by Gasteiger charge is -2.41. The number of hydrogen-bond donors (Lipinski definition) is 1. The summed E-state index contributed by atoms with van der Waals surface area (Å²) in [4.78, 5) is 11.5. The first-order chi connectivity index (χ1) is 9.94. The molecule has 5 nitrogen and oxygen atoms in total. The van der Waals surface area contributed by atoms with Crippen molar-refractivity contribution < 1.29 is 19.0 Å². The SMILES string of the molecule is CCO[C@@H]1c2c(ccc3ccc(=O)oc23)OC(C)(C)[C@@H]1O. The van der Waals surface area contributed by atoms with Gasteiger partial charge in [0.05, 0.1) is 5.56 Å². The van der Waals surface area contributed by atoms with Gasteiger partial charge in [0, 0.05) is 18.1 Å². The minimum atomic E-state index is -0.860. The second-order valence-electron chi connectivity index (χ2n) is 5.68. The fourth-order valence-electron chi connectivity index (χ4n) is 2.71. The van der Waals surface area contributed by atoms with Crippen LogP contribution >= 0.6 is 0 Å². The lowest BCUT2D eigenvalue weighted by molar-refractivity contribution is -0.132. The summed E-state index contributed by atoms with van der Waals surface area (Å²) < 4.78 is 16.9. The Kier molecular flexibility index (Phi) is 3.26. The van der Waals surface area contributed by atoms with Gasteiger partial charge in [-0.3, -0.25) is 0 Å². The summed E-state index contributed by atoms with van der Waals surface area (Å²) in [5.41, 5.74) is -0.215. The molecule has 3 rings (SSSR count). The molecule has 1 N–H and O–H groups in total. The number of rotatable bonds is 2. The van der Waals surface area contributed by atoms with Gasteiger partial charge in [0.2, 0.25) is 0 Å². The normalized spacial score (nSPS) is 23.6. The van der Waals surface area contributed by atoms with Gasteiger partial charge in [-0.25, -0.2) is 4.79 Å². The van der Waals surface area contributed by atoms with Crippen molar-refractivity contribution in [3.8, 4) is 5.75 Å². The van der Waals surface area contributed by atoms with E-state index in [1.807, 2.05) is 19.1 Å². The van der Waals surface area contributed by atoms with Gasteiger partial charge in [-0.2, -0.15) is 0 Å². The van der Waals surface area contributed by atoms with E-state index in [1.54, 1.807) is 19.9 Å². The summed E-state index contributed by atoms with van der Waals surface area (Å²) >= 11 is 0. The second kappa shape index (κ2) is 4.86. The Morgan fingerprint density at radius 2 is 2.00 bits per heavy atom. The molecule has 0 radical (unpaired) electrons. The van der Waals surface area contributed by atoms with E-state index in [1.165, 1.54) is 6.07 Å². The summed E-state index contributed by atoms with van der Waals surface area (Å²) in [5, 5.41) is 11.3. The lowest BCUT2D eigenvalue weighted by atomic mass is 9.87. The standard InChI is InChI=1S/C16H18O5/c1-4-19-14-12-10(21-16(2,3)15(14)18)7-5-9-6-8-11(17)20-13(9)12/h5-8,14-15,18H,4H2,1-3H3/t14-,15-/m1/s1. The third-order valence-corrected chi connectivity index (χ3v) is 3.79. The molecule has 21 heavy (non-hydrogen) atoms. The van der Waals surface area contributed by atoms with Crippen molar-refractivity contribution >= 4 is 11.0 Å². The van der Waals surface area contributed by atoms with Crippen LogP contribution in [0, 0.1) is 0 Å². The van der Waals surface area contributed by atoms with Crippen LogP contribution in [0.3, 0.4) is 0 Å². The highest BCUT2D eigenvalue weighted by atomic mass is 16.5. The Morgan fingerprint density at radius 3 is 2.71 bits per heavy atom. The van der Waals surface area contributed by atoms with Gasteiger partial charge in [0.25, 0.3) is 0 Å². The fourth-order valence-corrected chi connectivity index (χ4v) is 2.71. The maximum atomic E-state index is 11.5. The number of ether oxygens (including phenoxy) is 2. The molecule has 1 aromatic carbocycles. The van der Waals surface area contributed by atoms with E-state index in [9.17, 15) is 9.90 Å².